The third-order valence-electron chi connectivity index (χ3n) is 1.27. The van der Waals surface area contributed by atoms with Gasteiger partial charge in [-0.05, 0) is 6.42 Å². The molecule has 5 N–H and O–H groups in total. The van der Waals surface area contributed by atoms with Crippen LogP contribution in [0.5, 0.6) is 0 Å². The maximum absolute atomic E-state index is 10.6. The van der Waals surface area contributed by atoms with Gasteiger partial charge in [-0.2, -0.15) is 0 Å². The molecule has 0 fully saturated rings. The van der Waals surface area contributed by atoms with E-state index in [2.05, 4.69) is 5.32 Å². The van der Waals surface area contributed by atoms with Crippen LogP contribution < -0.4 is 16.8 Å². The van der Waals surface area contributed by atoms with Crippen molar-refractivity contribution in [3.8, 4) is 0 Å². The van der Waals surface area contributed by atoms with Gasteiger partial charge in [-0.1, -0.05) is 6.92 Å². The standard InChI is InChI=1S/C6H13N3O2/c1-2-4(6(8)11)9-3-5(7)10/h4,9H,2-3H2,1H3,(H2,7,10)(H2,8,11). The van der Waals surface area contributed by atoms with E-state index in [1.54, 1.807) is 6.92 Å². The average Bonchev–Trinajstić information content (AvgIpc) is 1.87. The normalized spacial score (nSPS) is 12.5. The van der Waals surface area contributed by atoms with E-state index < -0.39 is 17.9 Å². The number of amides is 2. The molecule has 64 valence electrons. The van der Waals surface area contributed by atoms with Gasteiger partial charge in [-0.15, -0.1) is 0 Å². The predicted octanol–water partition coefficient (Wildman–Crippen LogP) is -1.67. The Morgan fingerprint density at radius 3 is 2.27 bits per heavy atom. The summed E-state index contributed by atoms with van der Waals surface area (Å²) in [6.45, 7) is 1.78. The van der Waals surface area contributed by atoms with E-state index in [0.717, 1.165) is 0 Å². The second-order valence-electron chi connectivity index (χ2n) is 2.21. The van der Waals surface area contributed by atoms with E-state index in [9.17, 15) is 9.59 Å². The summed E-state index contributed by atoms with van der Waals surface area (Å²) in [6, 6.07) is -0.456. The second kappa shape index (κ2) is 4.68. The second-order valence-corrected chi connectivity index (χ2v) is 2.21. The fourth-order valence-corrected chi connectivity index (χ4v) is 0.670. The Bertz CT molecular complexity index is 158. The van der Waals surface area contributed by atoms with Crippen LogP contribution in [0.4, 0.5) is 0 Å². The quantitative estimate of drug-likeness (QED) is 0.447. The molecule has 1 atom stereocenters. The largest absolute Gasteiger partial charge is 0.369 e. The maximum Gasteiger partial charge on any atom is 0.234 e. The monoisotopic (exact) mass is 159 g/mol. The molecule has 0 aromatic carbocycles. The van der Waals surface area contributed by atoms with E-state index >= 15 is 0 Å². The van der Waals surface area contributed by atoms with E-state index in [1.165, 1.54) is 0 Å². The zero-order valence-electron chi connectivity index (χ0n) is 6.46. The molecule has 0 heterocycles. The molecule has 0 spiro atoms. The van der Waals surface area contributed by atoms with E-state index in [1.807, 2.05) is 0 Å². The maximum atomic E-state index is 10.6. The molecule has 0 aromatic heterocycles. The van der Waals surface area contributed by atoms with Gasteiger partial charge in [0.05, 0.1) is 12.6 Å². The number of hydrogen-bond acceptors (Lipinski definition) is 3. The van der Waals surface area contributed by atoms with Crippen molar-refractivity contribution in [1.29, 1.82) is 0 Å². The number of carbonyl (C=O) groups excluding carboxylic acids is 2. The van der Waals surface area contributed by atoms with E-state index in [0.29, 0.717) is 6.42 Å². The van der Waals surface area contributed by atoms with E-state index in [4.69, 9.17) is 11.5 Å². The first-order valence-electron chi connectivity index (χ1n) is 3.39. The number of nitrogens with two attached hydrogens (primary N) is 2. The van der Waals surface area contributed by atoms with Gasteiger partial charge >= 0.3 is 0 Å². The summed E-state index contributed by atoms with van der Waals surface area (Å²) in [5.41, 5.74) is 9.82. The van der Waals surface area contributed by atoms with Crippen molar-refractivity contribution < 1.29 is 9.59 Å². The lowest BCUT2D eigenvalue weighted by atomic mass is 10.2. The van der Waals surface area contributed by atoms with Gasteiger partial charge in [0.15, 0.2) is 0 Å². The fourth-order valence-electron chi connectivity index (χ4n) is 0.670. The van der Waals surface area contributed by atoms with Gasteiger partial charge in [-0.3, -0.25) is 14.9 Å². The van der Waals surface area contributed by atoms with Crippen LogP contribution in [-0.4, -0.2) is 24.4 Å². The van der Waals surface area contributed by atoms with Crippen molar-refractivity contribution >= 4 is 11.8 Å². The Kier molecular flexibility index (Phi) is 4.21. The molecule has 0 radical (unpaired) electrons. The molecule has 2 amide bonds. The van der Waals surface area contributed by atoms with Crippen molar-refractivity contribution in [1.82, 2.24) is 5.32 Å². The highest BCUT2D eigenvalue weighted by Gasteiger charge is 2.11. The molecule has 0 saturated carbocycles. The summed E-state index contributed by atoms with van der Waals surface area (Å²) in [6.07, 6.45) is 0.558. The zero-order valence-corrected chi connectivity index (χ0v) is 6.46. The van der Waals surface area contributed by atoms with Gasteiger partial charge in [0, 0.05) is 0 Å². The molecule has 0 aromatic rings. The van der Waals surface area contributed by atoms with Crippen molar-refractivity contribution in [3.05, 3.63) is 0 Å². The molecule has 0 saturated heterocycles. The minimum absolute atomic E-state index is 0.0125. The number of rotatable bonds is 5. The topological polar surface area (TPSA) is 98.2 Å². The molecule has 11 heavy (non-hydrogen) atoms. The summed E-state index contributed by atoms with van der Waals surface area (Å²) in [5, 5.41) is 2.62. The predicted molar refractivity (Wildman–Crippen MR) is 40.5 cm³/mol. The van der Waals surface area contributed by atoms with Crippen LogP contribution in [0.2, 0.25) is 0 Å². The van der Waals surface area contributed by atoms with Gasteiger partial charge < -0.3 is 11.5 Å². The smallest absolute Gasteiger partial charge is 0.234 e. The number of nitrogens with one attached hydrogen (secondary N) is 1. The third kappa shape index (κ3) is 4.32. The van der Waals surface area contributed by atoms with Crippen molar-refractivity contribution in [2.45, 2.75) is 19.4 Å². The lowest BCUT2D eigenvalue weighted by Gasteiger charge is -2.10. The molecule has 0 aliphatic heterocycles. The first-order chi connectivity index (χ1) is 5.07. The Hall–Kier alpha value is -1.10. The molecule has 0 rings (SSSR count). The molecule has 0 aliphatic carbocycles. The molecule has 5 nitrogen and oxygen atoms in total. The Labute approximate surface area is 65.1 Å². The Morgan fingerprint density at radius 2 is 2.00 bits per heavy atom. The van der Waals surface area contributed by atoms with Crippen LogP contribution in [0.1, 0.15) is 13.3 Å². The minimum atomic E-state index is -0.496. The lowest BCUT2D eigenvalue weighted by Crippen LogP contribution is -2.44. The summed E-state index contributed by atoms with van der Waals surface area (Å²) < 4.78 is 0. The Balaban J connectivity index is 3.70. The van der Waals surface area contributed by atoms with E-state index in [-0.39, 0.29) is 6.54 Å². The Morgan fingerprint density at radius 1 is 1.45 bits per heavy atom. The molecular weight excluding hydrogens is 146 g/mol. The van der Waals surface area contributed by atoms with Crippen LogP contribution in [-0.2, 0) is 9.59 Å². The van der Waals surface area contributed by atoms with Gasteiger partial charge in [-0.25, -0.2) is 0 Å². The highest BCUT2D eigenvalue weighted by Crippen LogP contribution is 1.87. The van der Waals surface area contributed by atoms with Crippen LogP contribution >= 0.6 is 0 Å². The summed E-state index contributed by atoms with van der Waals surface area (Å²) in [7, 11) is 0. The van der Waals surface area contributed by atoms with Gasteiger partial charge in [0.2, 0.25) is 11.8 Å². The van der Waals surface area contributed by atoms with Crippen LogP contribution in [0, 0.1) is 0 Å². The van der Waals surface area contributed by atoms with Crippen LogP contribution in [0.15, 0.2) is 0 Å². The molecular formula is C6H13N3O2. The average molecular weight is 159 g/mol. The SMILES string of the molecule is CCC(NCC(N)=O)C(N)=O. The summed E-state index contributed by atoms with van der Waals surface area (Å²) in [5.74, 6) is -0.960. The van der Waals surface area contributed by atoms with Crippen LogP contribution in [0.3, 0.4) is 0 Å². The zero-order chi connectivity index (χ0) is 8.85. The summed E-state index contributed by atoms with van der Waals surface area (Å²) >= 11 is 0. The van der Waals surface area contributed by atoms with Crippen LogP contribution in [0.25, 0.3) is 0 Å². The van der Waals surface area contributed by atoms with Crippen molar-refractivity contribution in [2.24, 2.45) is 11.5 Å². The summed E-state index contributed by atoms with van der Waals surface area (Å²) in [4.78, 5) is 20.8. The minimum Gasteiger partial charge on any atom is -0.369 e. The first kappa shape index (κ1) is 9.90. The highest BCUT2D eigenvalue weighted by atomic mass is 16.2. The fraction of sp³-hybridized carbons (Fsp3) is 0.667. The number of primary amides is 2. The third-order valence-corrected chi connectivity index (χ3v) is 1.27. The van der Waals surface area contributed by atoms with Gasteiger partial charge in [0.1, 0.15) is 0 Å². The highest BCUT2D eigenvalue weighted by molar-refractivity contribution is 5.81. The molecule has 0 bridgehead atoms. The van der Waals surface area contributed by atoms with Crippen molar-refractivity contribution in [2.75, 3.05) is 6.54 Å². The first-order valence-corrected chi connectivity index (χ1v) is 3.39. The molecule has 5 heteroatoms. The molecule has 0 aliphatic rings. The lowest BCUT2D eigenvalue weighted by molar-refractivity contribution is -0.120. The van der Waals surface area contributed by atoms with Gasteiger partial charge in [0.25, 0.3) is 0 Å². The number of hydrogen-bond donors (Lipinski definition) is 3. The van der Waals surface area contributed by atoms with Crippen molar-refractivity contribution in [3.63, 3.8) is 0 Å². The number of carbonyl (C=O) groups is 2. The molecule has 1 unspecified atom stereocenters.